The molecule has 0 bridgehead atoms. The number of rotatable bonds is 2. The molecular formula is C13H11F4N3. The molecule has 2 aromatic rings. The van der Waals surface area contributed by atoms with Crippen molar-refractivity contribution >= 4 is 17.1 Å². The molecule has 2 rings (SSSR count). The molecule has 1 aromatic carbocycles. The van der Waals surface area contributed by atoms with Gasteiger partial charge in [0.25, 0.3) is 0 Å². The van der Waals surface area contributed by atoms with E-state index in [-0.39, 0.29) is 11.4 Å². The highest BCUT2D eigenvalue weighted by atomic mass is 19.4. The third kappa shape index (κ3) is 2.98. The van der Waals surface area contributed by atoms with Gasteiger partial charge >= 0.3 is 6.18 Å². The smallest absolute Gasteiger partial charge is 0.396 e. The van der Waals surface area contributed by atoms with Gasteiger partial charge in [-0.05, 0) is 30.7 Å². The van der Waals surface area contributed by atoms with E-state index >= 15 is 0 Å². The van der Waals surface area contributed by atoms with Gasteiger partial charge in [-0.1, -0.05) is 6.07 Å². The average Bonchev–Trinajstić information content (AvgIpc) is 2.35. The summed E-state index contributed by atoms with van der Waals surface area (Å²) in [6.07, 6.45) is -3.65. The van der Waals surface area contributed by atoms with E-state index in [0.717, 1.165) is 12.3 Å². The SMILES string of the molecule is Cc1ccc(Nc2cc(C(F)(F)F)ncc2N)cc1F. The number of hydrogen-bond donors (Lipinski definition) is 2. The van der Waals surface area contributed by atoms with E-state index in [1.807, 2.05) is 0 Å². The lowest BCUT2D eigenvalue weighted by Gasteiger charge is -2.12. The lowest BCUT2D eigenvalue weighted by atomic mass is 10.2. The molecule has 0 fully saturated rings. The largest absolute Gasteiger partial charge is 0.433 e. The maximum atomic E-state index is 13.4. The van der Waals surface area contributed by atoms with Gasteiger partial charge in [0.2, 0.25) is 0 Å². The number of nitrogens with zero attached hydrogens (tertiary/aromatic N) is 1. The number of hydrogen-bond acceptors (Lipinski definition) is 3. The fraction of sp³-hybridized carbons (Fsp3) is 0.154. The standard InChI is InChI=1S/C13H11F4N3/c1-7-2-3-8(4-9(7)14)20-11-5-12(13(15,16)17)19-6-10(11)18/h2-6H,18H2,1H3,(H,19,20). The first-order chi connectivity index (χ1) is 9.27. The zero-order valence-electron chi connectivity index (χ0n) is 10.4. The van der Waals surface area contributed by atoms with Gasteiger partial charge in [-0.2, -0.15) is 13.2 Å². The normalized spacial score (nSPS) is 11.4. The Hall–Kier alpha value is -2.31. The van der Waals surface area contributed by atoms with E-state index in [2.05, 4.69) is 10.3 Å². The van der Waals surface area contributed by atoms with Crippen LogP contribution in [0.4, 0.5) is 34.6 Å². The van der Waals surface area contributed by atoms with Crippen LogP contribution in [0, 0.1) is 12.7 Å². The Morgan fingerprint density at radius 2 is 1.90 bits per heavy atom. The molecule has 0 aliphatic carbocycles. The van der Waals surface area contributed by atoms with Crippen LogP contribution in [0.3, 0.4) is 0 Å². The molecule has 0 saturated carbocycles. The van der Waals surface area contributed by atoms with Gasteiger partial charge in [-0.15, -0.1) is 0 Å². The van der Waals surface area contributed by atoms with Gasteiger partial charge in [0.05, 0.1) is 17.6 Å². The second-order valence-electron chi connectivity index (χ2n) is 4.24. The number of benzene rings is 1. The van der Waals surface area contributed by atoms with Gasteiger partial charge in [0.1, 0.15) is 11.5 Å². The lowest BCUT2D eigenvalue weighted by molar-refractivity contribution is -0.141. The third-order valence-electron chi connectivity index (χ3n) is 2.68. The van der Waals surface area contributed by atoms with Crippen LogP contribution in [0.2, 0.25) is 0 Å². The predicted molar refractivity (Wildman–Crippen MR) is 68.1 cm³/mol. The minimum Gasteiger partial charge on any atom is -0.396 e. The highest BCUT2D eigenvalue weighted by Crippen LogP contribution is 2.32. The number of nitrogens with two attached hydrogens (primary N) is 1. The van der Waals surface area contributed by atoms with E-state index in [1.54, 1.807) is 13.0 Å². The number of anilines is 3. The highest BCUT2D eigenvalue weighted by molar-refractivity contribution is 5.72. The molecule has 0 aliphatic heterocycles. The summed E-state index contributed by atoms with van der Waals surface area (Å²) in [5, 5.41) is 2.65. The van der Waals surface area contributed by atoms with Gasteiger partial charge in [-0.3, -0.25) is 0 Å². The van der Waals surface area contributed by atoms with Crippen molar-refractivity contribution in [3.63, 3.8) is 0 Å². The number of halogens is 4. The molecule has 1 aromatic heterocycles. The molecule has 3 N–H and O–H groups in total. The van der Waals surface area contributed by atoms with Crippen molar-refractivity contribution in [3.05, 3.63) is 47.5 Å². The Morgan fingerprint density at radius 1 is 1.20 bits per heavy atom. The van der Waals surface area contributed by atoms with Crippen molar-refractivity contribution in [2.75, 3.05) is 11.1 Å². The second kappa shape index (κ2) is 4.99. The summed E-state index contributed by atoms with van der Waals surface area (Å²) in [5.41, 5.74) is 5.30. The molecule has 0 amide bonds. The lowest BCUT2D eigenvalue weighted by Crippen LogP contribution is -2.09. The minimum absolute atomic E-state index is 0.0237. The summed E-state index contributed by atoms with van der Waals surface area (Å²) in [6, 6.07) is 5.03. The maximum Gasteiger partial charge on any atom is 0.433 e. The summed E-state index contributed by atoms with van der Waals surface area (Å²) < 4.78 is 51.1. The summed E-state index contributed by atoms with van der Waals surface area (Å²) >= 11 is 0. The van der Waals surface area contributed by atoms with Gasteiger partial charge in [0, 0.05) is 5.69 Å². The number of nitrogen functional groups attached to an aromatic ring is 1. The van der Waals surface area contributed by atoms with Crippen LogP contribution in [0.15, 0.2) is 30.5 Å². The molecular weight excluding hydrogens is 274 g/mol. The molecule has 0 saturated heterocycles. The molecule has 7 heteroatoms. The summed E-state index contributed by atoms with van der Waals surface area (Å²) in [7, 11) is 0. The Labute approximate surface area is 112 Å². The molecule has 0 spiro atoms. The highest BCUT2D eigenvalue weighted by Gasteiger charge is 2.32. The first-order valence-electron chi connectivity index (χ1n) is 5.63. The van der Waals surface area contributed by atoms with Crippen LogP contribution in [0.25, 0.3) is 0 Å². The number of alkyl halides is 3. The summed E-state index contributed by atoms with van der Waals surface area (Å²) in [4.78, 5) is 3.22. The van der Waals surface area contributed by atoms with E-state index in [1.165, 1.54) is 12.1 Å². The van der Waals surface area contributed by atoms with Crippen molar-refractivity contribution in [1.82, 2.24) is 4.98 Å². The monoisotopic (exact) mass is 285 g/mol. The number of nitrogens with one attached hydrogen (secondary N) is 1. The molecule has 1 heterocycles. The van der Waals surface area contributed by atoms with E-state index in [4.69, 9.17) is 5.73 Å². The molecule has 3 nitrogen and oxygen atoms in total. The quantitative estimate of drug-likeness (QED) is 0.823. The summed E-state index contributed by atoms with van der Waals surface area (Å²) in [5.74, 6) is -0.460. The maximum absolute atomic E-state index is 13.4. The molecule has 0 unspecified atom stereocenters. The van der Waals surface area contributed by atoms with E-state index < -0.39 is 17.7 Å². The van der Waals surface area contributed by atoms with Crippen molar-refractivity contribution in [2.45, 2.75) is 13.1 Å². The first-order valence-corrected chi connectivity index (χ1v) is 5.63. The molecule has 106 valence electrons. The number of pyridine rings is 1. The van der Waals surface area contributed by atoms with Crippen LogP contribution < -0.4 is 11.1 Å². The zero-order valence-corrected chi connectivity index (χ0v) is 10.4. The van der Waals surface area contributed by atoms with Crippen molar-refractivity contribution < 1.29 is 17.6 Å². The van der Waals surface area contributed by atoms with Crippen LogP contribution in [-0.4, -0.2) is 4.98 Å². The average molecular weight is 285 g/mol. The topological polar surface area (TPSA) is 50.9 Å². The van der Waals surface area contributed by atoms with Crippen LogP contribution in [0.1, 0.15) is 11.3 Å². The van der Waals surface area contributed by atoms with E-state index in [9.17, 15) is 17.6 Å². The Kier molecular flexibility index (Phi) is 3.52. The second-order valence-corrected chi connectivity index (χ2v) is 4.24. The Bertz CT molecular complexity index is 638. The number of aromatic nitrogens is 1. The fourth-order valence-corrected chi connectivity index (χ4v) is 1.56. The molecule has 0 radical (unpaired) electrons. The van der Waals surface area contributed by atoms with Crippen LogP contribution >= 0.6 is 0 Å². The van der Waals surface area contributed by atoms with Gasteiger partial charge in [0.15, 0.2) is 0 Å². The van der Waals surface area contributed by atoms with Crippen LogP contribution in [0.5, 0.6) is 0 Å². The molecule has 0 atom stereocenters. The van der Waals surface area contributed by atoms with Crippen molar-refractivity contribution in [3.8, 4) is 0 Å². The molecule has 0 aliphatic rings. The van der Waals surface area contributed by atoms with Gasteiger partial charge < -0.3 is 11.1 Å². The van der Waals surface area contributed by atoms with E-state index in [0.29, 0.717) is 11.3 Å². The minimum atomic E-state index is -4.57. The Balaban J connectivity index is 2.35. The predicted octanol–water partition coefficient (Wildman–Crippen LogP) is 3.87. The van der Waals surface area contributed by atoms with Crippen molar-refractivity contribution in [2.24, 2.45) is 0 Å². The third-order valence-corrected chi connectivity index (χ3v) is 2.68. The zero-order chi connectivity index (χ0) is 14.9. The molecule has 20 heavy (non-hydrogen) atoms. The fourth-order valence-electron chi connectivity index (χ4n) is 1.56. The Morgan fingerprint density at radius 3 is 2.50 bits per heavy atom. The first kappa shape index (κ1) is 14.1. The van der Waals surface area contributed by atoms with Gasteiger partial charge in [-0.25, -0.2) is 9.37 Å². The summed E-state index contributed by atoms with van der Waals surface area (Å²) in [6.45, 7) is 1.58. The van der Waals surface area contributed by atoms with Crippen LogP contribution in [-0.2, 0) is 6.18 Å². The number of aryl methyl sites for hydroxylation is 1. The van der Waals surface area contributed by atoms with Crippen molar-refractivity contribution in [1.29, 1.82) is 0 Å².